The van der Waals surface area contributed by atoms with E-state index in [-0.39, 0.29) is 12.1 Å². The van der Waals surface area contributed by atoms with Gasteiger partial charge >= 0.3 is 6.72 Å². The lowest BCUT2D eigenvalue weighted by molar-refractivity contribution is 0.252. The molecule has 0 bridgehead atoms. The average molecular weight is 218 g/mol. The van der Waals surface area contributed by atoms with Crippen molar-refractivity contribution in [3.63, 3.8) is 0 Å². The predicted octanol–water partition coefficient (Wildman–Crippen LogP) is -2.06. The van der Waals surface area contributed by atoms with Crippen molar-refractivity contribution in [2.24, 2.45) is 5.73 Å². The highest BCUT2D eigenvalue weighted by molar-refractivity contribution is 8.06. The second kappa shape index (κ2) is 8.03. The van der Waals surface area contributed by atoms with Gasteiger partial charge < -0.3 is 30.8 Å². The van der Waals surface area contributed by atoms with Crippen molar-refractivity contribution in [3.05, 3.63) is 0 Å². The molecule has 6 nitrogen and oxygen atoms in total. The molecule has 0 saturated carbocycles. The van der Waals surface area contributed by atoms with Gasteiger partial charge in [-0.3, -0.25) is 0 Å². The maximum atomic E-state index is 8.58. The molecule has 7 N–H and O–H groups in total. The van der Waals surface area contributed by atoms with Crippen molar-refractivity contribution in [2.75, 3.05) is 26.2 Å². The fourth-order valence-electron chi connectivity index (χ4n) is 0.464. The zero-order valence-corrected chi connectivity index (χ0v) is 8.27. The second-order valence-corrected chi connectivity index (χ2v) is 4.53. The Bertz CT molecular complexity index is 141. The van der Waals surface area contributed by atoms with E-state index in [1.807, 2.05) is 0 Å². The minimum atomic E-state index is -3.45. The Balaban J connectivity index is 0. The van der Waals surface area contributed by atoms with Gasteiger partial charge in [0.05, 0.1) is 6.61 Å². The minimum Gasteiger partial charge on any atom is -0.412 e. The summed E-state index contributed by atoms with van der Waals surface area (Å²) in [5.41, 5.74) is 5.18. The summed E-state index contributed by atoms with van der Waals surface area (Å²) >= 11 is 4.21. The van der Waals surface area contributed by atoms with Crippen molar-refractivity contribution in [1.82, 2.24) is 5.32 Å². The van der Waals surface area contributed by atoms with E-state index in [1.54, 1.807) is 0 Å². The van der Waals surface area contributed by atoms with Gasteiger partial charge in [-0.15, -0.1) is 0 Å². The Labute approximate surface area is 76.3 Å². The third-order valence-electron chi connectivity index (χ3n) is 0.859. The second-order valence-electron chi connectivity index (χ2n) is 1.86. The third-order valence-corrected chi connectivity index (χ3v) is 1.69. The van der Waals surface area contributed by atoms with Crippen molar-refractivity contribution < 1.29 is 19.8 Å². The van der Waals surface area contributed by atoms with E-state index in [0.29, 0.717) is 19.6 Å². The zero-order chi connectivity index (χ0) is 8.74. The summed E-state index contributed by atoms with van der Waals surface area (Å²) in [5.74, 6) is 0. The first-order valence-electron chi connectivity index (χ1n) is 3.17. The number of nitrogens with one attached hydrogen (secondary N) is 1. The fraction of sp³-hybridized carbons (Fsp3) is 1.00. The van der Waals surface area contributed by atoms with Gasteiger partial charge in [-0.2, -0.15) is 0 Å². The van der Waals surface area contributed by atoms with E-state index >= 15 is 0 Å². The highest BCUT2D eigenvalue weighted by atomic mass is 32.5. The normalized spacial score (nSPS) is 10.9. The number of rotatable bonds is 6. The van der Waals surface area contributed by atoms with Crippen molar-refractivity contribution in [3.8, 4) is 0 Å². The highest BCUT2D eigenvalue weighted by Gasteiger charge is 2.05. The molecule has 0 heterocycles. The van der Waals surface area contributed by atoms with Crippen LogP contribution in [-0.4, -0.2) is 41.5 Å². The summed E-state index contributed by atoms with van der Waals surface area (Å²) in [7, 11) is 0. The number of nitrogens with two attached hydrogens (primary N) is 1. The van der Waals surface area contributed by atoms with Crippen LogP contribution in [0.1, 0.15) is 0 Å². The summed E-state index contributed by atoms with van der Waals surface area (Å²) in [6.07, 6.45) is 0. The average Bonchev–Trinajstić information content (AvgIpc) is 1.85. The topological polar surface area (TPSA) is 119 Å². The predicted molar refractivity (Wildman–Crippen MR) is 50.2 cm³/mol. The van der Waals surface area contributed by atoms with Crippen molar-refractivity contribution in [2.45, 2.75) is 0 Å². The van der Waals surface area contributed by atoms with Gasteiger partial charge in [-0.05, 0) is 11.8 Å². The van der Waals surface area contributed by atoms with Crippen LogP contribution in [0.2, 0.25) is 0 Å². The fourth-order valence-corrected chi connectivity index (χ4v) is 1.02. The number of hydrogen-bond acceptors (Lipinski definition) is 4. The molecule has 12 heavy (non-hydrogen) atoms. The molecule has 0 atom stereocenters. The van der Waals surface area contributed by atoms with Crippen LogP contribution in [0.3, 0.4) is 0 Å². The lowest BCUT2D eigenvalue weighted by Gasteiger charge is -2.08. The van der Waals surface area contributed by atoms with E-state index < -0.39 is 6.72 Å². The van der Waals surface area contributed by atoms with Crippen molar-refractivity contribution >= 4 is 18.5 Å². The third kappa shape index (κ3) is 13.0. The first-order chi connectivity index (χ1) is 5.06. The molecule has 0 spiro atoms. The maximum Gasteiger partial charge on any atom is 0.321 e. The van der Waals surface area contributed by atoms with Crippen LogP contribution >= 0.6 is 6.72 Å². The Hall–Kier alpha value is 0.410. The maximum absolute atomic E-state index is 8.58. The first kappa shape index (κ1) is 14.9. The van der Waals surface area contributed by atoms with Crippen LogP contribution in [-0.2, 0) is 16.3 Å². The molecule has 0 rings (SSSR count). The lowest BCUT2D eigenvalue weighted by atomic mass is 10.6. The van der Waals surface area contributed by atoms with E-state index in [9.17, 15) is 0 Å². The quantitative estimate of drug-likeness (QED) is 0.300. The molecular formula is C4H15N2O4PS. The molecule has 0 aromatic carbocycles. The van der Waals surface area contributed by atoms with E-state index in [1.165, 1.54) is 0 Å². The van der Waals surface area contributed by atoms with Crippen LogP contribution in [0.25, 0.3) is 0 Å². The summed E-state index contributed by atoms with van der Waals surface area (Å²) in [5, 5.41) is 2.91. The number of hydrogen-bond donors (Lipinski definition) is 4. The van der Waals surface area contributed by atoms with Gasteiger partial charge in [0, 0.05) is 19.6 Å². The lowest BCUT2D eigenvalue weighted by Crippen LogP contribution is -2.25. The molecule has 0 aromatic rings. The standard InChI is InChI=1S/C4H13N2O3PS.H2O/c5-1-2-6-3-4-9-10(7,8)11;/h6H,1-5H2,(H2,7,8,11);1H2. The summed E-state index contributed by atoms with van der Waals surface area (Å²) in [6.45, 7) is -1.50. The Morgan fingerprint density at radius 3 is 2.42 bits per heavy atom. The molecule has 0 fully saturated rings. The molecule has 0 aliphatic rings. The van der Waals surface area contributed by atoms with E-state index in [2.05, 4.69) is 21.6 Å². The summed E-state index contributed by atoms with van der Waals surface area (Å²) < 4.78 is 4.51. The molecule has 0 amide bonds. The summed E-state index contributed by atoms with van der Waals surface area (Å²) in [6, 6.07) is 0. The van der Waals surface area contributed by atoms with Crippen molar-refractivity contribution in [1.29, 1.82) is 0 Å². The molecule has 8 heteroatoms. The van der Waals surface area contributed by atoms with E-state index in [0.717, 1.165) is 0 Å². The molecular weight excluding hydrogens is 203 g/mol. The molecule has 0 aromatic heterocycles. The monoisotopic (exact) mass is 218 g/mol. The molecule has 0 saturated heterocycles. The van der Waals surface area contributed by atoms with Gasteiger partial charge in [0.15, 0.2) is 0 Å². The van der Waals surface area contributed by atoms with Crippen LogP contribution in [0.15, 0.2) is 0 Å². The Morgan fingerprint density at radius 1 is 1.42 bits per heavy atom. The summed E-state index contributed by atoms with van der Waals surface area (Å²) in [4.78, 5) is 17.2. The molecule has 0 unspecified atom stereocenters. The molecule has 0 radical (unpaired) electrons. The van der Waals surface area contributed by atoms with E-state index in [4.69, 9.17) is 15.5 Å². The van der Waals surface area contributed by atoms with Gasteiger partial charge in [0.2, 0.25) is 0 Å². The molecule has 76 valence electrons. The highest BCUT2D eigenvalue weighted by Crippen LogP contribution is 2.35. The Kier molecular flexibility index (Phi) is 9.97. The van der Waals surface area contributed by atoms with Crippen LogP contribution in [0.5, 0.6) is 0 Å². The largest absolute Gasteiger partial charge is 0.412 e. The first-order valence-corrected chi connectivity index (χ1v) is 5.79. The van der Waals surface area contributed by atoms with Gasteiger partial charge in [0.25, 0.3) is 0 Å². The SMILES string of the molecule is NCCNCCOP(O)(O)=S.O. The zero-order valence-electron chi connectivity index (χ0n) is 6.56. The van der Waals surface area contributed by atoms with Crippen LogP contribution in [0.4, 0.5) is 0 Å². The molecule has 0 aliphatic heterocycles. The molecule has 0 aliphatic carbocycles. The minimum absolute atomic E-state index is 0. The van der Waals surface area contributed by atoms with Crippen LogP contribution in [0, 0.1) is 0 Å². The Morgan fingerprint density at radius 2 is 2.00 bits per heavy atom. The smallest absolute Gasteiger partial charge is 0.321 e. The van der Waals surface area contributed by atoms with Gasteiger partial charge in [-0.1, -0.05) is 0 Å². The van der Waals surface area contributed by atoms with Gasteiger partial charge in [-0.25, -0.2) is 0 Å². The van der Waals surface area contributed by atoms with Crippen LogP contribution < -0.4 is 11.1 Å². The van der Waals surface area contributed by atoms with Gasteiger partial charge in [0.1, 0.15) is 0 Å².